The van der Waals surface area contributed by atoms with Gasteiger partial charge in [-0.2, -0.15) is 0 Å². The molecule has 0 bridgehead atoms. The van der Waals surface area contributed by atoms with Crippen molar-refractivity contribution in [1.29, 1.82) is 0 Å². The number of rotatable bonds is 8. The van der Waals surface area contributed by atoms with Crippen LogP contribution >= 0.6 is 11.6 Å². The molecule has 4 N–H and O–H groups in total. The van der Waals surface area contributed by atoms with Gasteiger partial charge in [0.1, 0.15) is 12.2 Å². The molecule has 3 aliphatic heterocycles. The first kappa shape index (κ1) is 26.2. The van der Waals surface area contributed by atoms with Crippen LogP contribution < -0.4 is 20.9 Å². The van der Waals surface area contributed by atoms with E-state index in [0.717, 1.165) is 43.1 Å². The van der Waals surface area contributed by atoms with Gasteiger partial charge in [0.2, 0.25) is 0 Å². The van der Waals surface area contributed by atoms with Crippen LogP contribution in [0.4, 0.5) is 10.6 Å². The number of halogens is 1. The lowest BCUT2D eigenvalue weighted by molar-refractivity contribution is -0.753. The van der Waals surface area contributed by atoms with E-state index in [-0.39, 0.29) is 41.9 Å². The number of aliphatic imine (C=N–C) groups is 1. The summed E-state index contributed by atoms with van der Waals surface area (Å²) >= 11 is 6.35. The van der Waals surface area contributed by atoms with Gasteiger partial charge in [-0.05, 0) is 38.4 Å². The first-order valence-electron chi connectivity index (χ1n) is 13.3. The van der Waals surface area contributed by atoms with Crippen molar-refractivity contribution in [2.45, 2.75) is 63.0 Å². The molecular weight excluding hydrogens is 492 g/mol. The van der Waals surface area contributed by atoms with Crippen LogP contribution in [-0.4, -0.2) is 71.1 Å². The topological polar surface area (TPSA) is 104 Å². The molecule has 37 heavy (non-hydrogen) atoms. The zero-order chi connectivity index (χ0) is 26.3. The Morgan fingerprint density at radius 1 is 1.41 bits per heavy atom. The highest BCUT2D eigenvalue weighted by Crippen LogP contribution is 2.45. The SMILES string of the molecule is CC1C=CCC(NC(=O)NCCCN(C)CC2CC(C)C([n+]3cn(C)c4c3N=CN3C(N)C43)O2)=CC1Cl. The highest BCUT2D eigenvalue weighted by Gasteiger charge is 2.54. The van der Waals surface area contributed by atoms with Gasteiger partial charge in [-0.25, -0.2) is 9.36 Å². The number of carbonyl (C=O) groups is 1. The van der Waals surface area contributed by atoms with Crippen LogP contribution in [0.15, 0.2) is 35.2 Å². The molecule has 2 saturated heterocycles. The Labute approximate surface area is 224 Å². The Bertz CT molecular complexity index is 1100. The van der Waals surface area contributed by atoms with Gasteiger partial charge < -0.3 is 30.9 Å². The summed E-state index contributed by atoms with van der Waals surface area (Å²) in [6.45, 7) is 6.64. The molecule has 11 heteroatoms. The third-order valence-electron chi connectivity index (χ3n) is 7.80. The summed E-state index contributed by atoms with van der Waals surface area (Å²) in [5, 5.41) is 5.78. The van der Waals surface area contributed by atoms with Crippen LogP contribution in [0, 0.1) is 11.8 Å². The lowest BCUT2D eigenvalue weighted by Gasteiger charge is -2.21. The maximum Gasteiger partial charge on any atom is 0.318 e. The van der Waals surface area contributed by atoms with Crippen molar-refractivity contribution in [2.24, 2.45) is 29.6 Å². The zero-order valence-electron chi connectivity index (χ0n) is 22.2. The molecule has 1 aromatic heterocycles. The van der Waals surface area contributed by atoms with Crippen molar-refractivity contribution < 1.29 is 14.1 Å². The maximum atomic E-state index is 12.3. The second-order valence-corrected chi connectivity index (χ2v) is 11.5. The molecule has 0 spiro atoms. The molecule has 0 saturated carbocycles. The molecule has 0 aromatic carbocycles. The van der Waals surface area contributed by atoms with Gasteiger partial charge in [0, 0.05) is 31.1 Å². The quantitative estimate of drug-likeness (QED) is 0.157. The lowest BCUT2D eigenvalue weighted by atomic mass is 10.1. The average molecular weight is 532 g/mol. The summed E-state index contributed by atoms with van der Waals surface area (Å²) in [7, 11) is 4.16. The molecule has 1 aliphatic carbocycles. The Kier molecular flexibility index (Phi) is 7.63. The van der Waals surface area contributed by atoms with E-state index in [1.165, 1.54) is 0 Å². The molecule has 4 aliphatic rings. The Hall–Kier alpha value is -2.40. The monoisotopic (exact) mass is 531 g/mol. The summed E-state index contributed by atoms with van der Waals surface area (Å²) < 4.78 is 10.8. The van der Waals surface area contributed by atoms with Crippen LogP contribution in [0.25, 0.3) is 0 Å². The van der Waals surface area contributed by atoms with Gasteiger partial charge in [-0.1, -0.05) is 31.0 Å². The minimum absolute atomic E-state index is 0.0174. The first-order valence-corrected chi connectivity index (χ1v) is 13.7. The number of fused-ring (bicyclic) bond motifs is 3. The number of nitrogens with two attached hydrogens (primary N) is 1. The number of nitrogens with zero attached hydrogens (tertiary/aromatic N) is 5. The number of aryl methyl sites for hydroxylation is 1. The number of nitrogens with one attached hydrogen (secondary N) is 2. The lowest BCUT2D eigenvalue weighted by Crippen LogP contribution is -2.42. The van der Waals surface area contributed by atoms with E-state index in [0.29, 0.717) is 18.9 Å². The van der Waals surface area contributed by atoms with Crippen molar-refractivity contribution in [3.63, 3.8) is 0 Å². The van der Waals surface area contributed by atoms with E-state index in [4.69, 9.17) is 22.1 Å². The fourth-order valence-corrected chi connectivity index (χ4v) is 5.91. The van der Waals surface area contributed by atoms with E-state index in [1.54, 1.807) is 0 Å². The van der Waals surface area contributed by atoms with E-state index in [2.05, 4.69) is 81.0 Å². The van der Waals surface area contributed by atoms with Crippen LogP contribution in [0.1, 0.15) is 51.1 Å². The van der Waals surface area contributed by atoms with Crippen molar-refractivity contribution >= 4 is 29.8 Å². The number of likely N-dealkylation sites (N-methyl/N-ethyl adjacent to an activating group) is 1. The number of imidazole rings is 1. The van der Waals surface area contributed by atoms with Crippen molar-refractivity contribution in [3.05, 3.63) is 35.9 Å². The van der Waals surface area contributed by atoms with Crippen molar-refractivity contribution in [1.82, 2.24) is 25.0 Å². The maximum absolute atomic E-state index is 12.3. The first-order chi connectivity index (χ1) is 17.7. The molecule has 2 amide bonds. The molecule has 7 atom stereocenters. The van der Waals surface area contributed by atoms with Gasteiger partial charge in [0.05, 0.1) is 18.5 Å². The van der Waals surface area contributed by atoms with Gasteiger partial charge in [-0.15, -0.1) is 11.6 Å². The number of aromatic nitrogens is 2. The van der Waals surface area contributed by atoms with Crippen LogP contribution in [0.2, 0.25) is 0 Å². The second kappa shape index (κ2) is 10.8. The molecule has 1 aromatic rings. The number of alkyl halides is 1. The number of ether oxygens (including phenoxy) is 1. The molecule has 7 unspecified atom stereocenters. The molecule has 202 valence electrons. The number of amides is 2. The molecule has 0 radical (unpaired) electrons. The largest absolute Gasteiger partial charge is 0.340 e. The number of carbonyl (C=O) groups excluding carboxylic acids is 1. The van der Waals surface area contributed by atoms with Gasteiger partial charge >= 0.3 is 11.8 Å². The van der Waals surface area contributed by atoms with Crippen LogP contribution in [0.5, 0.6) is 0 Å². The minimum atomic E-state index is -0.183. The van der Waals surface area contributed by atoms with Gasteiger partial charge in [0.15, 0.2) is 24.6 Å². The molecular formula is C26H40ClN8O2+. The third-order valence-corrected chi connectivity index (χ3v) is 8.33. The number of hydrogen-bond donors (Lipinski definition) is 3. The predicted molar refractivity (Wildman–Crippen MR) is 143 cm³/mol. The molecule has 10 nitrogen and oxygen atoms in total. The highest BCUT2D eigenvalue weighted by atomic mass is 35.5. The standard InChI is InChI=1S/C26H39ClN8O2/c1-16-7-5-8-18(12-20(16)27)31-26(36)29-9-6-10-32(3)13-19-11-17(2)25(37-19)35-15-33(4)22-21-23(28)34(21)14-30-24(22)35/h5,7,12,14-17,19-21,23,25H,6,8-11,13,28H2,1-4H3,(H-,29,31,36)/p+1. The summed E-state index contributed by atoms with van der Waals surface area (Å²) in [5.74, 6) is 1.60. The Balaban J connectivity index is 1.05. The van der Waals surface area contributed by atoms with Gasteiger partial charge in [-0.3, -0.25) is 4.57 Å². The van der Waals surface area contributed by atoms with E-state index in [1.807, 2.05) is 12.4 Å². The summed E-state index contributed by atoms with van der Waals surface area (Å²) in [5.41, 5.74) is 8.19. The minimum Gasteiger partial charge on any atom is -0.340 e. The van der Waals surface area contributed by atoms with Crippen molar-refractivity contribution in [3.8, 4) is 0 Å². The zero-order valence-corrected chi connectivity index (χ0v) is 22.9. The normalized spacial score (nSPS) is 32.1. The average Bonchev–Trinajstić information content (AvgIpc) is 3.25. The summed E-state index contributed by atoms with van der Waals surface area (Å²) in [6.07, 6.45) is 12.7. The van der Waals surface area contributed by atoms with E-state index < -0.39 is 0 Å². The van der Waals surface area contributed by atoms with Crippen LogP contribution in [-0.2, 0) is 11.8 Å². The van der Waals surface area contributed by atoms with Crippen molar-refractivity contribution in [2.75, 3.05) is 26.7 Å². The summed E-state index contributed by atoms with van der Waals surface area (Å²) in [6, 6.07) is 0.0346. The molecule has 5 rings (SSSR count). The van der Waals surface area contributed by atoms with E-state index in [9.17, 15) is 4.79 Å². The van der Waals surface area contributed by atoms with E-state index >= 15 is 0 Å². The summed E-state index contributed by atoms with van der Waals surface area (Å²) in [4.78, 5) is 21.3. The Morgan fingerprint density at radius 3 is 3.03 bits per heavy atom. The smallest absolute Gasteiger partial charge is 0.318 e. The predicted octanol–water partition coefficient (Wildman–Crippen LogP) is 2.26. The highest BCUT2D eigenvalue weighted by molar-refractivity contribution is 6.22. The Morgan fingerprint density at radius 2 is 2.22 bits per heavy atom. The fraction of sp³-hybridized carbons (Fsp3) is 0.654. The second-order valence-electron chi connectivity index (χ2n) is 11.0. The molecule has 4 heterocycles. The van der Waals surface area contributed by atoms with Gasteiger partial charge in [0.25, 0.3) is 0 Å². The molecule has 2 fully saturated rings. The third kappa shape index (κ3) is 5.57. The number of allylic oxidation sites excluding steroid dienone is 3. The fourth-order valence-electron chi connectivity index (χ4n) is 5.67. The number of hydrogen-bond acceptors (Lipinski definition) is 6. The van der Waals surface area contributed by atoms with Crippen LogP contribution in [0.3, 0.4) is 0 Å². The number of urea groups is 1.